The summed E-state index contributed by atoms with van der Waals surface area (Å²) in [5.74, 6) is 1.57. The summed E-state index contributed by atoms with van der Waals surface area (Å²) in [5, 5.41) is 0. The second-order valence-electron chi connectivity index (χ2n) is 7.80. The summed E-state index contributed by atoms with van der Waals surface area (Å²) in [6.07, 6.45) is 7.49. The van der Waals surface area contributed by atoms with Crippen LogP contribution in [-0.2, 0) is 4.79 Å². The number of piperidine rings is 1. The summed E-state index contributed by atoms with van der Waals surface area (Å²) >= 11 is 0. The maximum Gasteiger partial charge on any atom is 0.246 e. The number of aromatic nitrogens is 3. The van der Waals surface area contributed by atoms with Crippen LogP contribution in [0.2, 0.25) is 0 Å². The van der Waals surface area contributed by atoms with E-state index in [0.717, 1.165) is 30.2 Å². The van der Waals surface area contributed by atoms with Crippen molar-refractivity contribution in [1.82, 2.24) is 19.3 Å². The average molecular weight is 386 g/mol. The van der Waals surface area contributed by atoms with Gasteiger partial charge in [-0.25, -0.2) is 14.4 Å². The third kappa shape index (κ3) is 3.21. The van der Waals surface area contributed by atoms with Crippen molar-refractivity contribution in [1.29, 1.82) is 0 Å². The highest BCUT2D eigenvalue weighted by molar-refractivity contribution is 5.88. The second-order valence-corrected chi connectivity index (χ2v) is 7.80. The first-order valence-corrected chi connectivity index (χ1v) is 9.90. The largest absolute Gasteiger partial charge is 0.351 e. The van der Waals surface area contributed by atoms with Gasteiger partial charge in [-0.1, -0.05) is 6.58 Å². The van der Waals surface area contributed by atoms with Crippen molar-refractivity contribution >= 4 is 23.2 Å². The molecular weight excluding hydrogens is 359 g/mol. The topological polar surface area (TPSA) is 57.0 Å². The number of alkyl halides is 1. The van der Waals surface area contributed by atoms with Crippen molar-refractivity contribution < 1.29 is 9.18 Å². The molecule has 2 aliphatic rings. The first-order valence-electron chi connectivity index (χ1n) is 9.90. The lowest BCUT2D eigenvalue weighted by Crippen LogP contribution is -2.58. The van der Waals surface area contributed by atoms with E-state index in [1.54, 1.807) is 6.20 Å². The highest BCUT2D eigenvalue weighted by Gasteiger charge is 2.33. The van der Waals surface area contributed by atoms with E-state index in [4.69, 9.17) is 0 Å². The lowest BCUT2D eigenvalue weighted by atomic mass is 10.1. The Labute approximate surface area is 164 Å². The number of hydrogen-bond acceptors (Lipinski definition) is 5. The first-order chi connectivity index (χ1) is 13.5. The SMILES string of the molecule is C=CC(=O)N1C(C)CN(c2nccn3c(N4CCCC(F)C4)ncc23)CC1C. The van der Waals surface area contributed by atoms with Gasteiger partial charge in [0.2, 0.25) is 11.9 Å². The van der Waals surface area contributed by atoms with Crippen molar-refractivity contribution in [2.24, 2.45) is 0 Å². The molecule has 150 valence electrons. The fourth-order valence-corrected chi connectivity index (χ4v) is 4.52. The molecule has 4 rings (SSSR count). The third-order valence-electron chi connectivity index (χ3n) is 5.71. The fraction of sp³-hybridized carbons (Fsp3) is 0.550. The van der Waals surface area contributed by atoms with Crippen LogP contribution in [0.25, 0.3) is 5.52 Å². The van der Waals surface area contributed by atoms with Gasteiger partial charge < -0.3 is 14.7 Å². The van der Waals surface area contributed by atoms with Crippen molar-refractivity contribution in [2.75, 3.05) is 36.0 Å². The van der Waals surface area contributed by atoms with Gasteiger partial charge in [0.05, 0.1) is 12.7 Å². The van der Waals surface area contributed by atoms with Gasteiger partial charge >= 0.3 is 0 Å². The van der Waals surface area contributed by atoms with Crippen LogP contribution in [0.1, 0.15) is 26.7 Å². The minimum absolute atomic E-state index is 0.0386. The quantitative estimate of drug-likeness (QED) is 0.758. The number of fused-ring (bicyclic) bond motifs is 1. The molecule has 2 aromatic heterocycles. The average Bonchev–Trinajstić information content (AvgIpc) is 3.11. The maximum atomic E-state index is 13.9. The van der Waals surface area contributed by atoms with Gasteiger partial charge in [-0.2, -0.15) is 0 Å². The molecule has 0 bridgehead atoms. The molecule has 2 saturated heterocycles. The zero-order valence-electron chi connectivity index (χ0n) is 16.5. The van der Waals surface area contributed by atoms with Crippen molar-refractivity contribution in [3.63, 3.8) is 0 Å². The van der Waals surface area contributed by atoms with E-state index in [1.165, 1.54) is 6.08 Å². The molecule has 1 amide bonds. The van der Waals surface area contributed by atoms with E-state index < -0.39 is 6.17 Å². The number of anilines is 2. The predicted molar refractivity (Wildman–Crippen MR) is 108 cm³/mol. The number of piperazine rings is 1. The standard InChI is InChI=1S/C20H27FN6O/c1-4-18(28)27-14(2)11-25(12-15(27)3)19-17-10-23-20(26(17)9-7-22-19)24-8-5-6-16(21)13-24/h4,7,9-10,14-16H,1,5-6,8,11-13H2,2-3H3. The molecule has 0 radical (unpaired) electrons. The van der Waals surface area contributed by atoms with Crippen LogP contribution in [0, 0.1) is 0 Å². The Morgan fingerprint density at radius 1 is 1.21 bits per heavy atom. The molecule has 0 saturated carbocycles. The Balaban J connectivity index is 1.63. The van der Waals surface area contributed by atoms with Crippen LogP contribution in [-0.4, -0.2) is 69.6 Å². The molecule has 0 aliphatic carbocycles. The summed E-state index contributed by atoms with van der Waals surface area (Å²) < 4.78 is 15.9. The number of amides is 1. The van der Waals surface area contributed by atoms with Crippen LogP contribution in [0.15, 0.2) is 31.2 Å². The van der Waals surface area contributed by atoms with Gasteiger partial charge in [0, 0.05) is 44.1 Å². The Morgan fingerprint density at radius 3 is 2.64 bits per heavy atom. The minimum atomic E-state index is -0.806. The molecule has 0 aromatic carbocycles. The van der Waals surface area contributed by atoms with E-state index >= 15 is 0 Å². The number of hydrogen-bond donors (Lipinski definition) is 0. The highest BCUT2D eigenvalue weighted by atomic mass is 19.1. The summed E-state index contributed by atoms with van der Waals surface area (Å²) in [6.45, 7) is 10.3. The van der Waals surface area contributed by atoms with E-state index in [9.17, 15) is 9.18 Å². The maximum absolute atomic E-state index is 13.9. The summed E-state index contributed by atoms with van der Waals surface area (Å²) in [4.78, 5) is 27.5. The third-order valence-corrected chi connectivity index (χ3v) is 5.71. The monoisotopic (exact) mass is 386 g/mol. The molecule has 3 atom stereocenters. The fourth-order valence-electron chi connectivity index (χ4n) is 4.52. The molecule has 8 heteroatoms. The second kappa shape index (κ2) is 7.41. The van der Waals surface area contributed by atoms with Crippen molar-refractivity contribution in [3.05, 3.63) is 31.2 Å². The van der Waals surface area contributed by atoms with Crippen LogP contribution < -0.4 is 9.80 Å². The van der Waals surface area contributed by atoms with Crippen LogP contribution >= 0.6 is 0 Å². The molecule has 2 aromatic rings. The number of nitrogens with zero attached hydrogens (tertiary/aromatic N) is 6. The molecule has 2 aliphatic heterocycles. The predicted octanol–water partition coefficient (Wildman–Crippen LogP) is 2.28. The van der Waals surface area contributed by atoms with E-state index in [1.807, 2.05) is 40.4 Å². The molecule has 0 N–H and O–H groups in total. The lowest BCUT2D eigenvalue weighted by Gasteiger charge is -2.44. The van der Waals surface area contributed by atoms with Crippen LogP contribution in [0.3, 0.4) is 0 Å². The molecule has 4 heterocycles. The highest BCUT2D eigenvalue weighted by Crippen LogP contribution is 2.28. The van der Waals surface area contributed by atoms with Gasteiger partial charge in [0.1, 0.15) is 11.7 Å². The first kappa shape index (κ1) is 18.7. The van der Waals surface area contributed by atoms with Crippen molar-refractivity contribution in [2.45, 2.75) is 44.9 Å². The molecule has 2 fully saturated rings. The van der Waals surface area contributed by atoms with Gasteiger partial charge in [0.15, 0.2) is 5.82 Å². The number of rotatable bonds is 3. The molecular formula is C20H27FN6O. The van der Waals surface area contributed by atoms with E-state index in [2.05, 4.69) is 21.4 Å². The Kier molecular flexibility index (Phi) is 4.95. The van der Waals surface area contributed by atoms with Crippen LogP contribution in [0.5, 0.6) is 0 Å². The smallest absolute Gasteiger partial charge is 0.246 e. The molecule has 28 heavy (non-hydrogen) atoms. The van der Waals surface area contributed by atoms with Gasteiger partial charge in [0.25, 0.3) is 0 Å². The van der Waals surface area contributed by atoms with Gasteiger partial charge in [-0.05, 0) is 32.8 Å². The van der Waals surface area contributed by atoms with Gasteiger partial charge in [-0.15, -0.1) is 0 Å². The number of halogens is 1. The van der Waals surface area contributed by atoms with E-state index in [0.29, 0.717) is 26.1 Å². The molecule has 3 unspecified atom stereocenters. The molecule has 7 nitrogen and oxygen atoms in total. The summed E-state index contributed by atoms with van der Waals surface area (Å²) in [5.41, 5.74) is 0.904. The van der Waals surface area contributed by atoms with E-state index in [-0.39, 0.29) is 18.0 Å². The Morgan fingerprint density at radius 2 is 1.96 bits per heavy atom. The van der Waals surface area contributed by atoms with Crippen LogP contribution in [0.4, 0.5) is 16.2 Å². The molecule has 0 spiro atoms. The number of imidazole rings is 1. The normalized spacial score (nSPS) is 26.0. The summed E-state index contributed by atoms with van der Waals surface area (Å²) in [7, 11) is 0. The zero-order valence-corrected chi connectivity index (χ0v) is 16.5. The van der Waals surface area contributed by atoms with Gasteiger partial charge in [-0.3, -0.25) is 9.20 Å². The van der Waals surface area contributed by atoms with Crippen molar-refractivity contribution in [3.8, 4) is 0 Å². The summed E-state index contributed by atoms with van der Waals surface area (Å²) in [6, 6.07) is 0.0983. The zero-order chi connectivity index (χ0) is 19.8. The Hall–Kier alpha value is -2.64. The number of carbonyl (C=O) groups excluding carboxylic acids is 1. The number of carbonyl (C=O) groups is 1. The minimum Gasteiger partial charge on any atom is -0.351 e. The lowest BCUT2D eigenvalue weighted by molar-refractivity contribution is -0.130. The Bertz CT molecular complexity index is 871.